The first-order valence-corrected chi connectivity index (χ1v) is 11.7. The van der Waals surface area contributed by atoms with E-state index in [2.05, 4.69) is 56.3 Å². The fraction of sp³-hybridized carbons (Fsp3) is 0.400. The minimum Gasteiger partial charge on any atom is -0.355 e. The van der Waals surface area contributed by atoms with Crippen molar-refractivity contribution in [1.29, 1.82) is 0 Å². The largest absolute Gasteiger partial charge is 0.355 e. The van der Waals surface area contributed by atoms with E-state index >= 15 is 0 Å². The molecule has 8 nitrogen and oxygen atoms in total. The average Bonchev–Trinajstić information content (AvgIpc) is 3.16. The first-order valence-electron chi connectivity index (χ1n) is 11.7. The number of rotatable bonds is 5. The van der Waals surface area contributed by atoms with Crippen molar-refractivity contribution in [2.75, 3.05) is 23.3 Å². The third kappa shape index (κ3) is 4.30. The molecule has 1 aliphatic rings. The van der Waals surface area contributed by atoms with Crippen molar-refractivity contribution in [3.63, 3.8) is 0 Å². The maximum Gasteiger partial charge on any atom is 0.229 e. The molecule has 3 aromatic heterocycles. The van der Waals surface area contributed by atoms with E-state index in [0.717, 1.165) is 54.3 Å². The predicted octanol–water partition coefficient (Wildman–Crippen LogP) is 5.06. The Morgan fingerprint density at radius 2 is 1.88 bits per heavy atom. The first-order chi connectivity index (χ1) is 16.4. The predicted molar refractivity (Wildman–Crippen MR) is 132 cm³/mol. The van der Waals surface area contributed by atoms with Crippen LogP contribution in [0, 0.1) is 11.7 Å². The van der Waals surface area contributed by atoms with Crippen LogP contribution >= 0.6 is 0 Å². The Kier molecular flexibility index (Phi) is 5.85. The molecule has 0 radical (unpaired) electrons. The summed E-state index contributed by atoms with van der Waals surface area (Å²) in [6.45, 7) is 8.51. The molecule has 1 saturated heterocycles. The summed E-state index contributed by atoms with van der Waals surface area (Å²) in [6.07, 6.45) is 3.51. The number of fused-ring (bicyclic) bond motifs is 1. The second-order valence-electron chi connectivity index (χ2n) is 9.36. The van der Waals surface area contributed by atoms with Crippen LogP contribution in [0.3, 0.4) is 0 Å². The van der Waals surface area contributed by atoms with E-state index in [4.69, 9.17) is 0 Å². The second-order valence-corrected chi connectivity index (χ2v) is 9.36. The highest BCUT2D eigenvalue weighted by atomic mass is 19.1. The summed E-state index contributed by atoms with van der Waals surface area (Å²) in [5, 5.41) is 17.3. The molecule has 0 saturated carbocycles. The number of benzene rings is 1. The van der Waals surface area contributed by atoms with Crippen molar-refractivity contribution in [2.45, 2.75) is 39.5 Å². The summed E-state index contributed by atoms with van der Waals surface area (Å²) in [7, 11) is 1.93. The Labute approximate surface area is 198 Å². The summed E-state index contributed by atoms with van der Waals surface area (Å²) in [4.78, 5) is 10.8. The molecule has 0 aliphatic carbocycles. The fourth-order valence-electron chi connectivity index (χ4n) is 4.59. The van der Waals surface area contributed by atoms with Crippen LogP contribution in [-0.4, -0.2) is 43.0 Å². The van der Waals surface area contributed by atoms with E-state index in [0.29, 0.717) is 11.4 Å². The van der Waals surface area contributed by atoms with Crippen LogP contribution in [0.1, 0.15) is 45.2 Å². The van der Waals surface area contributed by atoms with Gasteiger partial charge < -0.3 is 10.2 Å². The van der Waals surface area contributed by atoms with E-state index < -0.39 is 5.82 Å². The van der Waals surface area contributed by atoms with Crippen LogP contribution in [0.15, 0.2) is 36.5 Å². The van der Waals surface area contributed by atoms with Gasteiger partial charge in [-0.25, -0.2) is 14.4 Å². The zero-order valence-corrected chi connectivity index (χ0v) is 20.0. The summed E-state index contributed by atoms with van der Waals surface area (Å²) in [5.41, 5.74) is 2.88. The standard InChI is InChI=1S/C25H29FN8/c1-15(2)24-18-13-17(5-6-20(18)32-33(24)4)23-19(26)14-27-25(29-23)28-21-7-8-22(31-30-21)34-11-9-16(3)10-12-34/h5-8,13-16H,9-12H2,1-4H3,(H,27,28,29,30). The van der Waals surface area contributed by atoms with E-state index in [1.807, 2.05) is 42.1 Å². The number of anilines is 3. The number of nitrogens with zero attached hydrogens (tertiary/aromatic N) is 7. The number of hydrogen-bond donors (Lipinski definition) is 1. The lowest BCUT2D eigenvalue weighted by molar-refractivity contribution is 0.436. The smallest absolute Gasteiger partial charge is 0.229 e. The van der Waals surface area contributed by atoms with Crippen LogP contribution in [0.25, 0.3) is 22.2 Å². The SMILES string of the molecule is CC1CCN(c2ccc(Nc3ncc(F)c(-c4ccc5nn(C)c(C(C)C)c5c4)n3)nn2)CC1. The number of aromatic nitrogens is 6. The molecule has 0 spiro atoms. The molecule has 5 rings (SSSR count). The molecule has 9 heteroatoms. The van der Waals surface area contributed by atoms with Gasteiger partial charge in [-0.2, -0.15) is 5.10 Å². The van der Waals surface area contributed by atoms with Gasteiger partial charge >= 0.3 is 0 Å². The number of piperidine rings is 1. The monoisotopic (exact) mass is 460 g/mol. The number of aryl methyl sites for hydroxylation is 1. The molecule has 4 aromatic rings. The van der Waals surface area contributed by atoms with E-state index in [9.17, 15) is 4.39 Å². The van der Waals surface area contributed by atoms with Gasteiger partial charge in [-0.1, -0.05) is 26.8 Å². The summed E-state index contributed by atoms with van der Waals surface area (Å²) in [6, 6.07) is 9.48. The van der Waals surface area contributed by atoms with Gasteiger partial charge in [0.2, 0.25) is 5.95 Å². The van der Waals surface area contributed by atoms with Gasteiger partial charge in [0.05, 0.1) is 11.7 Å². The first kappa shape index (κ1) is 22.2. The Bertz CT molecular complexity index is 1310. The van der Waals surface area contributed by atoms with Crippen LogP contribution in [0.4, 0.5) is 22.0 Å². The van der Waals surface area contributed by atoms with Crippen LogP contribution in [-0.2, 0) is 7.05 Å². The topological polar surface area (TPSA) is 84.6 Å². The van der Waals surface area contributed by atoms with Crippen molar-refractivity contribution in [2.24, 2.45) is 13.0 Å². The van der Waals surface area contributed by atoms with Gasteiger partial charge in [0.1, 0.15) is 5.69 Å². The molecule has 1 N–H and O–H groups in total. The van der Waals surface area contributed by atoms with Crippen LogP contribution < -0.4 is 10.2 Å². The Hall–Kier alpha value is -3.62. The molecular formula is C25H29FN8. The quantitative estimate of drug-likeness (QED) is 0.445. The molecule has 1 fully saturated rings. The third-order valence-electron chi connectivity index (χ3n) is 6.44. The van der Waals surface area contributed by atoms with Gasteiger partial charge in [-0.05, 0) is 48.9 Å². The molecule has 0 bridgehead atoms. The molecule has 176 valence electrons. The second kappa shape index (κ2) is 8.96. The van der Waals surface area contributed by atoms with Crippen molar-refractivity contribution in [3.05, 3.63) is 48.0 Å². The van der Waals surface area contributed by atoms with Crippen molar-refractivity contribution >= 4 is 28.5 Å². The molecule has 0 unspecified atom stereocenters. The Balaban J connectivity index is 1.39. The number of halogens is 1. The van der Waals surface area contributed by atoms with Gasteiger partial charge in [-0.15, -0.1) is 10.2 Å². The van der Waals surface area contributed by atoms with Gasteiger partial charge in [0.25, 0.3) is 0 Å². The van der Waals surface area contributed by atoms with Crippen LogP contribution in [0.5, 0.6) is 0 Å². The zero-order chi connectivity index (χ0) is 23.8. The van der Waals surface area contributed by atoms with Crippen molar-refractivity contribution in [3.8, 4) is 11.3 Å². The van der Waals surface area contributed by atoms with Gasteiger partial charge in [-0.3, -0.25) is 4.68 Å². The molecular weight excluding hydrogens is 431 g/mol. The minimum absolute atomic E-state index is 0.227. The van der Waals surface area contributed by atoms with E-state index in [1.54, 1.807) is 0 Å². The van der Waals surface area contributed by atoms with Crippen LogP contribution in [0.2, 0.25) is 0 Å². The molecule has 0 atom stereocenters. The molecule has 34 heavy (non-hydrogen) atoms. The normalized spacial score (nSPS) is 14.8. The Morgan fingerprint density at radius 1 is 1.09 bits per heavy atom. The number of nitrogens with one attached hydrogen (secondary N) is 1. The lowest BCUT2D eigenvalue weighted by atomic mass is 9.99. The highest BCUT2D eigenvalue weighted by Gasteiger charge is 2.18. The molecule has 4 heterocycles. The van der Waals surface area contributed by atoms with Gasteiger partial charge in [0.15, 0.2) is 17.5 Å². The maximum absolute atomic E-state index is 14.7. The lowest BCUT2D eigenvalue weighted by Crippen LogP contribution is -2.33. The van der Waals surface area contributed by atoms with Crippen molar-refractivity contribution < 1.29 is 4.39 Å². The third-order valence-corrected chi connectivity index (χ3v) is 6.44. The van der Waals surface area contributed by atoms with E-state index in [1.165, 1.54) is 6.20 Å². The fourth-order valence-corrected chi connectivity index (χ4v) is 4.59. The lowest BCUT2D eigenvalue weighted by Gasteiger charge is -2.30. The highest BCUT2D eigenvalue weighted by Crippen LogP contribution is 2.30. The minimum atomic E-state index is -0.486. The van der Waals surface area contributed by atoms with Crippen molar-refractivity contribution in [1.82, 2.24) is 29.9 Å². The summed E-state index contributed by atoms with van der Waals surface area (Å²) < 4.78 is 16.6. The highest BCUT2D eigenvalue weighted by molar-refractivity contribution is 5.86. The average molecular weight is 461 g/mol. The van der Waals surface area contributed by atoms with Gasteiger partial charge in [0, 0.05) is 36.8 Å². The zero-order valence-electron chi connectivity index (χ0n) is 20.0. The Morgan fingerprint density at radius 3 is 2.59 bits per heavy atom. The van der Waals surface area contributed by atoms with E-state index in [-0.39, 0.29) is 17.6 Å². The summed E-state index contributed by atoms with van der Waals surface area (Å²) >= 11 is 0. The summed E-state index contributed by atoms with van der Waals surface area (Å²) in [5.74, 6) is 2.19. The molecule has 1 aliphatic heterocycles. The number of hydrogen-bond acceptors (Lipinski definition) is 7. The maximum atomic E-state index is 14.7. The molecule has 0 amide bonds. The molecule has 1 aromatic carbocycles.